The Morgan fingerprint density at radius 1 is 1.00 bits per heavy atom. The predicted molar refractivity (Wildman–Crippen MR) is 71.9 cm³/mol. The average molecular weight is 234 g/mol. The summed E-state index contributed by atoms with van der Waals surface area (Å²) in [6.07, 6.45) is 15.0. The summed E-state index contributed by atoms with van der Waals surface area (Å²) in [7, 11) is 0. The molecule has 2 atom stereocenters. The standard InChI is InChI=1S/C16H26O/c1-13-12-16(17)15-11-9-7-5-3-2-4-6-8-10-14(13)15/h11,13-14H,2-10,12H2,1H3/b15-11-/t13-,14+/m1/s1. The van der Waals surface area contributed by atoms with Crippen LogP contribution < -0.4 is 0 Å². The van der Waals surface area contributed by atoms with Crippen LogP contribution in [-0.4, -0.2) is 5.78 Å². The topological polar surface area (TPSA) is 17.1 Å². The third-order valence-corrected chi connectivity index (χ3v) is 4.50. The quantitative estimate of drug-likeness (QED) is 0.595. The highest BCUT2D eigenvalue weighted by atomic mass is 16.1. The summed E-state index contributed by atoms with van der Waals surface area (Å²) in [5.41, 5.74) is 1.19. The highest BCUT2D eigenvalue weighted by Gasteiger charge is 2.33. The fourth-order valence-electron chi connectivity index (χ4n) is 3.42. The minimum atomic E-state index is 0.444. The van der Waals surface area contributed by atoms with Crippen molar-refractivity contribution in [2.24, 2.45) is 11.8 Å². The Labute approximate surface area is 106 Å². The summed E-state index contributed by atoms with van der Waals surface area (Å²) < 4.78 is 0. The fraction of sp³-hybridized carbons (Fsp3) is 0.812. The Balaban J connectivity index is 2.03. The molecule has 0 aromatic heterocycles. The minimum Gasteiger partial charge on any atom is -0.295 e. The second-order valence-corrected chi connectivity index (χ2v) is 5.92. The number of carbonyl (C=O) groups is 1. The van der Waals surface area contributed by atoms with Crippen LogP contribution in [0.2, 0.25) is 0 Å². The van der Waals surface area contributed by atoms with E-state index < -0.39 is 0 Å². The number of hydrogen-bond acceptors (Lipinski definition) is 1. The van der Waals surface area contributed by atoms with Crippen LogP contribution in [0, 0.1) is 11.8 Å². The summed E-state index contributed by atoms with van der Waals surface area (Å²) in [5, 5.41) is 0. The number of Topliss-reactive ketones (excluding diaryl/α,β-unsaturated/α-hetero) is 1. The predicted octanol–water partition coefficient (Wildman–Crippen LogP) is 4.66. The summed E-state index contributed by atoms with van der Waals surface area (Å²) >= 11 is 0. The first kappa shape index (κ1) is 12.9. The maximum Gasteiger partial charge on any atom is 0.159 e. The van der Waals surface area contributed by atoms with Gasteiger partial charge in [0.2, 0.25) is 0 Å². The molecule has 17 heavy (non-hydrogen) atoms. The van der Waals surface area contributed by atoms with Crippen molar-refractivity contribution in [3.63, 3.8) is 0 Å². The number of hydrogen-bond donors (Lipinski definition) is 0. The van der Waals surface area contributed by atoms with E-state index >= 15 is 0 Å². The van der Waals surface area contributed by atoms with Gasteiger partial charge in [0.15, 0.2) is 5.78 Å². The van der Waals surface area contributed by atoms with E-state index in [-0.39, 0.29) is 0 Å². The van der Waals surface area contributed by atoms with Crippen LogP contribution in [0.5, 0.6) is 0 Å². The molecule has 0 spiro atoms. The van der Waals surface area contributed by atoms with Crippen LogP contribution >= 0.6 is 0 Å². The van der Waals surface area contributed by atoms with Crippen molar-refractivity contribution in [1.82, 2.24) is 0 Å². The van der Waals surface area contributed by atoms with E-state index in [1.165, 1.54) is 56.9 Å². The monoisotopic (exact) mass is 234 g/mol. The molecule has 0 unspecified atom stereocenters. The molecule has 0 bridgehead atoms. The summed E-state index contributed by atoms with van der Waals surface area (Å²) in [6, 6.07) is 0. The van der Waals surface area contributed by atoms with Gasteiger partial charge in [0.05, 0.1) is 0 Å². The molecule has 0 aromatic carbocycles. The lowest BCUT2D eigenvalue weighted by atomic mass is 9.88. The van der Waals surface area contributed by atoms with E-state index in [1.54, 1.807) is 0 Å². The zero-order valence-electron chi connectivity index (χ0n) is 11.2. The van der Waals surface area contributed by atoms with Gasteiger partial charge in [-0.2, -0.15) is 0 Å². The van der Waals surface area contributed by atoms with Crippen molar-refractivity contribution >= 4 is 5.78 Å². The van der Waals surface area contributed by atoms with Gasteiger partial charge in [0.1, 0.15) is 0 Å². The van der Waals surface area contributed by atoms with Crippen LogP contribution in [0.3, 0.4) is 0 Å². The lowest BCUT2D eigenvalue weighted by molar-refractivity contribution is -0.114. The summed E-state index contributed by atoms with van der Waals surface area (Å²) in [4.78, 5) is 12.0. The van der Waals surface area contributed by atoms with E-state index in [1.807, 2.05) is 0 Å². The van der Waals surface area contributed by atoms with Crippen molar-refractivity contribution in [2.45, 2.75) is 71.1 Å². The van der Waals surface area contributed by atoms with Gasteiger partial charge in [-0.3, -0.25) is 4.79 Å². The molecule has 96 valence electrons. The van der Waals surface area contributed by atoms with Crippen molar-refractivity contribution in [1.29, 1.82) is 0 Å². The molecule has 0 aliphatic heterocycles. The maximum absolute atomic E-state index is 12.0. The zero-order valence-corrected chi connectivity index (χ0v) is 11.2. The fourth-order valence-corrected chi connectivity index (χ4v) is 3.42. The zero-order chi connectivity index (χ0) is 12.1. The molecule has 1 nitrogen and oxygen atoms in total. The van der Waals surface area contributed by atoms with E-state index in [0.29, 0.717) is 17.6 Å². The normalized spacial score (nSPS) is 35.4. The van der Waals surface area contributed by atoms with Gasteiger partial charge in [0.25, 0.3) is 0 Å². The van der Waals surface area contributed by atoms with Gasteiger partial charge in [0, 0.05) is 6.42 Å². The van der Waals surface area contributed by atoms with E-state index in [9.17, 15) is 4.79 Å². The van der Waals surface area contributed by atoms with Gasteiger partial charge in [-0.1, -0.05) is 51.5 Å². The first-order valence-corrected chi connectivity index (χ1v) is 7.52. The molecule has 2 aliphatic carbocycles. The third-order valence-electron chi connectivity index (χ3n) is 4.50. The van der Waals surface area contributed by atoms with Crippen molar-refractivity contribution in [2.75, 3.05) is 0 Å². The highest BCUT2D eigenvalue weighted by Crippen LogP contribution is 2.37. The Morgan fingerprint density at radius 3 is 2.41 bits per heavy atom. The van der Waals surface area contributed by atoms with Crippen LogP contribution in [0.15, 0.2) is 11.6 Å². The Bertz CT molecular complexity index is 290. The number of allylic oxidation sites excluding steroid dienone is 2. The second kappa shape index (κ2) is 6.37. The van der Waals surface area contributed by atoms with Crippen LogP contribution in [0.25, 0.3) is 0 Å². The largest absolute Gasteiger partial charge is 0.295 e. The molecule has 0 N–H and O–H groups in total. The number of carbonyl (C=O) groups excluding carboxylic acids is 1. The molecule has 0 radical (unpaired) electrons. The van der Waals surface area contributed by atoms with Gasteiger partial charge in [-0.15, -0.1) is 0 Å². The van der Waals surface area contributed by atoms with Gasteiger partial charge in [-0.25, -0.2) is 0 Å². The molecule has 1 heteroatoms. The summed E-state index contributed by atoms with van der Waals surface area (Å²) in [5.74, 6) is 1.62. The van der Waals surface area contributed by atoms with Crippen molar-refractivity contribution in [3.8, 4) is 0 Å². The van der Waals surface area contributed by atoms with E-state index in [4.69, 9.17) is 0 Å². The van der Waals surface area contributed by atoms with Crippen LogP contribution in [-0.2, 0) is 4.79 Å². The van der Waals surface area contributed by atoms with Gasteiger partial charge in [-0.05, 0) is 36.7 Å². The van der Waals surface area contributed by atoms with E-state index in [0.717, 1.165) is 12.8 Å². The number of rotatable bonds is 0. The van der Waals surface area contributed by atoms with Gasteiger partial charge >= 0.3 is 0 Å². The Hall–Kier alpha value is -0.590. The molecular weight excluding hydrogens is 208 g/mol. The van der Waals surface area contributed by atoms with Crippen molar-refractivity contribution < 1.29 is 4.79 Å². The number of ketones is 1. The molecule has 1 fully saturated rings. The second-order valence-electron chi connectivity index (χ2n) is 5.92. The molecule has 1 saturated carbocycles. The SMILES string of the molecule is C[C@@H]1CC(=O)/C2=C\CCCCCCCCC[C@H]21. The lowest BCUT2D eigenvalue weighted by Gasteiger charge is -2.16. The van der Waals surface area contributed by atoms with Gasteiger partial charge < -0.3 is 0 Å². The van der Waals surface area contributed by atoms with Crippen LogP contribution in [0.1, 0.15) is 71.1 Å². The molecule has 2 rings (SSSR count). The molecule has 0 heterocycles. The van der Waals surface area contributed by atoms with E-state index in [2.05, 4.69) is 13.0 Å². The smallest absolute Gasteiger partial charge is 0.159 e. The van der Waals surface area contributed by atoms with Crippen LogP contribution in [0.4, 0.5) is 0 Å². The molecule has 0 amide bonds. The summed E-state index contributed by atoms with van der Waals surface area (Å²) in [6.45, 7) is 2.26. The molecular formula is C16H26O. The third kappa shape index (κ3) is 3.43. The maximum atomic E-state index is 12.0. The first-order valence-electron chi connectivity index (χ1n) is 7.52. The highest BCUT2D eigenvalue weighted by molar-refractivity contribution is 5.98. The average Bonchev–Trinajstić information content (AvgIpc) is 2.54. The molecule has 2 aliphatic rings. The minimum absolute atomic E-state index is 0.444. The first-order chi connectivity index (χ1) is 8.29. The number of fused-ring (bicyclic) bond motifs is 1. The van der Waals surface area contributed by atoms with Crippen molar-refractivity contribution in [3.05, 3.63) is 11.6 Å². The molecule has 0 saturated heterocycles. The molecule has 0 aromatic rings. The Morgan fingerprint density at radius 2 is 1.65 bits per heavy atom. The lowest BCUT2D eigenvalue weighted by Crippen LogP contribution is -2.07. The Kier molecular flexibility index (Phi) is 4.82.